The van der Waals surface area contributed by atoms with Gasteiger partial charge < -0.3 is 5.32 Å². The number of benzene rings is 2. The van der Waals surface area contributed by atoms with Crippen LogP contribution in [0.5, 0.6) is 0 Å². The summed E-state index contributed by atoms with van der Waals surface area (Å²) in [5.41, 5.74) is 6.24. The molecule has 0 saturated carbocycles. The first kappa shape index (κ1) is 18.2. The number of aryl methyl sites for hydroxylation is 3. The molecule has 134 valence electrons. The van der Waals surface area contributed by atoms with Crippen molar-refractivity contribution in [1.29, 1.82) is 0 Å². The summed E-state index contributed by atoms with van der Waals surface area (Å²) in [6.45, 7) is 7.89. The SMILES string of the molecule is CCc1cccc(C)c1NC(=O)c1ccc(-n2nc(C)c(Cl)c2C)cc1. The fourth-order valence-electron chi connectivity index (χ4n) is 3.02. The number of aromatic nitrogens is 2. The Kier molecular flexibility index (Phi) is 5.14. The lowest BCUT2D eigenvalue weighted by molar-refractivity contribution is 0.102. The van der Waals surface area contributed by atoms with Crippen LogP contribution in [-0.2, 0) is 6.42 Å². The normalized spacial score (nSPS) is 10.8. The minimum Gasteiger partial charge on any atom is -0.321 e. The molecule has 0 radical (unpaired) electrons. The Hall–Kier alpha value is -2.59. The van der Waals surface area contributed by atoms with Crippen molar-refractivity contribution in [1.82, 2.24) is 9.78 Å². The second kappa shape index (κ2) is 7.34. The largest absolute Gasteiger partial charge is 0.321 e. The molecule has 1 N–H and O–H groups in total. The van der Waals surface area contributed by atoms with Crippen LogP contribution in [0.4, 0.5) is 5.69 Å². The first-order valence-electron chi connectivity index (χ1n) is 8.64. The molecule has 1 heterocycles. The Morgan fingerprint density at radius 3 is 2.38 bits per heavy atom. The van der Waals surface area contributed by atoms with Crippen molar-refractivity contribution in [2.24, 2.45) is 0 Å². The van der Waals surface area contributed by atoms with E-state index in [4.69, 9.17) is 11.6 Å². The quantitative estimate of drug-likeness (QED) is 0.683. The second-order valence-electron chi connectivity index (χ2n) is 6.36. The van der Waals surface area contributed by atoms with Gasteiger partial charge in [-0.25, -0.2) is 4.68 Å². The maximum absolute atomic E-state index is 12.7. The highest BCUT2D eigenvalue weighted by atomic mass is 35.5. The lowest BCUT2D eigenvalue weighted by Gasteiger charge is -2.13. The van der Waals surface area contributed by atoms with Crippen molar-refractivity contribution in [3.05, 3.63) is 75.6 Å². The highest BCUT2D eigenvalue weighted by Crippen LogP contribution is 2.24. The van der Waals surface area contributed by atoms with E-state index in [1.54, 1.807) is 16.8 Å². The Labute approximate surface area is 158 Å². The summed E-state index contributed by atoms with van der Waals surface area (Å²) in [7, 11) is 0. The topological polar surface area (TPSA) is 46.9 Å². The van der Waals surface area contributed by atoms with Gasteiger partial charge in [-0.1, -0.05) is 36.7 Å². The summed E-state index contributed by atoms with van der Waals surface area (Å²) in [5, 5.41) is 8.15. The van der Waals surface area contributed by atoms with Gasteiger partial charge in [0.05, 0.1) is 22.1 Å². The Balaban J connectivity index is 1.85. The number of nitrogens with zero attached hydrogens (tertiary/aromatic N) is 2. The number of para-hydroxylation sites is 1. The summed E-state index contributed by atoms with van der Waals surface area (Å²) >= 11 is 6.22. The van der Waals surface area contributed by atoms with E-state index in [-0.39, 0.29) is 5.91 Å². The Bertz CT molecular complexity index is 958. The molecule has 0 aliphatic carbocycles. The zero-order chi connectivity index (χ0) is 18.8. The van der Waals surface area contributed by atoms with E-state index in [9.17, 15) is 4.79 Å². The second-order valence-corrected chi connectivity index (χ2v) is 6.74. The number of carbonyl (C=O) groups is 1. The van der Waals surface area contributed by atoms with Gasteiger partial charge in [0.25, 0.3) is 5.91 Å². The van der Waals surface area contributed by atoms with Gasteiger partial charge in [-0.05, 0) is 62.6 Å². The van der Waals surface area contributed by atoms with Crippen molar-refractivity contribution in [2.45, 2.75) is 34.1 Å². The lowest BCUT2D eigenvalue weighted by Crippen LogP contribution is -2.14. The summed E-state index contributed by atoms with van der Waals surface area (Å²) in [6, 6.07) is 13.4. The fourth-order valence-corrected chi connectivity index (χ4v) is 3.13. The van der Waals surface area contributed by atoms with E-state index >= 15 is 0 Å². The van der Waals surface area contributed by atoms with Crippen LogP contribution < -0.4 is 5.32 Å². The number of amides is 1. The van der Waals surface area contributed by atoms with E-state index in [1.165, 1.54) is 0 Å². The monoisotopic (exact) mass is 367 g/mol. The average Bonchev–Trinajstić information content (AvgIpc) is 2.91. The molecular formula is C21H22ClN3O. The van der Waals surface area contributed by atoms with Crippen molar-refractivity contribution < 1.29 is 4.79 Å². The molecule has 0 saturated heterocycles. The third-order valence-corrected chi connectivity index (χ3v) is 5.10. The minimum absolute atomic E-state index is 0.119. The van der Waals surface area contributed by atoms with Gasteiger partial charge in [0.1, 0.15) is 0 Å². The lowest BCUT2D eigenvalue weighted by atomic mass is 10.1. The van der Waals surface area contributed by atoms with E-state index < -0.39 is 0 Å². The number of anilines is 1. The standard InChI is InChI=1S/C21H22ClN3O/c1-5-16-8-6-7-13(2)20(16)23-21(26)17-9-11-18(12-10-17)25-15(4)19(22)14(3)24-25/h6-12H,5H2,1-4H3,(H,23,26). The maximum Gasteiger partial charge on any atom is 0.255 e. The van der Waals surface area contributed by atoms with E-state index in [2.05, 4.69) is 17.3 Å². The smallest absolute Gasteiger partial charge is 0.255 e. The molecule has 0 fully saturated rings. The number of carbonyl (C=O) groups excluding carboxylic acids is 1. The number of nitrogens with one attached hydrogen (secondary N) is 1. The Morgan fingerprint density at radius 2 is 1.81 bits per heavy atom. The van der Waals surface area contributed by atoms with Crippen LogP contribution >= 0.6 is 11.6 Å². The highest BCUT2D eigenvalue weighted by Gasteiger charge is 2.13. The molecule has 0 spiro atoms. The van der Waals surface area contributed by atoms with Crippen molar-refractivity contribution in [3.8, 4) is 5.69 Å². The maximum atomic E-state index is 12.7. The Morgan fingerprint density at radius 1 is 1.12 bits per heavy atom. The molecule has 5 heteroatoms. The van der Waals surface area contributed by atoms with Gasteiger partial charge in [-0.2, -0.15) is 5.10 Å². The molecule has 3 rings (SSSR count). The summed E-state index contributed by atoms with van der Waals surface area (Å²) in [6.07, 6.45) is 0.870. The molecule has 0 bridgehead atoms. The van der Waals surface area contributed by atoms with Crippen LogP contribution in [0, 0.1) is 20.8 Å². The zero-order valence-corrected chi connectivity index (χ0v) is 16.2. The third-order valence-electron chi connectivity index (χ3n) is 4.56. The molecule has 1 amide bonds. The van der Waals surface area contributed by atoms with E-state index in [0.717, 1.165) is 40.3 Å². The fraction of sp³-hybridized carbons (Fsp3) is 0.238. The van der Waals surface area contributed by atoms with Crippen LogP contribution in [-0.4, -0.2) is 15.7 Å². The molecule has 0 unspecified atom stereocenters. The summed E-state index contributed by atoms with van der Waals surface area (Å²) < 4.78 is 1.79. The van der Waals surface area contributed by atoms with Gasteiger partial charge >= 0.3 is 0 Å². The van der Waals surface area contributed by atoms with Crippen LogP contribution in [0.1, 0.15) is 39.8 Å². The summed E-state index contributed by atoms with van der Waals surface area (Å²) in [4.78, 5) is 12.7. The number of hydrogen-bond donors (Lipinski definition) is 1. The molecule has 2 aromatic carbocycles. The molecule has 3 aromatic rings. The molecule has 0 aliphatic heterocycles. The van der Waals surface area contributed by atoms with E-state index in [0.29, 0.717) is 10.6 Å². The first-order valence-corrected chi connectivity index (χ1v) is 9.02. The molecule has 26 heavy (non-hydrogen) atoms. The predicted octanol–water partition coefficient (Wildman–Crippen LogP) is 5.27. The van der Waals surface area contributed by atoms with Crippen molar-refractivity contribution >= 4 is 23.2 Å². The van der Waals surface area contributed by atoms with Gasteiger partial charge in [0.15, 0.2) is 0 Å². The first-order chi connectivity index (χ1) is 12.4. The average molecular weight is 368 g/mol. The number of halogens is 1. The molecule has 4 nitrogen and oxygen atoms in total. The molecule has 0 atom stereocenters. The van der Waals surface area contributed by atoms with Gasteiger partial charge in [-0.15, -0.1) is 0 Å². The van der Waals surface area contributed by atoms with Crippen LogP contribution in [0.2, 0.25) is 5.02 Å². The van der Waals surface area contributed by atoms with Crippen LogP contribution in [0.25, 0.3) is 5.69 Å². The van der Waals surface area contributed by atoms with E-state index in [1.807, 2.05) is 51.1 Å². The summed E-state index contributed by atoms with van der Waals surface area (Å²) in [5.74, 6) is -0.119. The molecule has 0 aliphatic rings. The van der Waals surface area contributed by atoms with Gasteiger partial charge in [0, 0.05) is 11.3 Å². The molecule has 1 aromatic heterocycles. The minimum atomic E-state index is -0.119. The zero-order valence-electron chi connectivity index (χ0n) is 15.4. The van der Waals surface area contributed by atoms with Crippen LogP contribution in [0.15, 0.2) is 42.5 Å². The van der Waals surface area contributed by atoms with Gasteiger partial charge in [-0.3, -0.25) is 4.79 Å². The molecular weight excluding hydrogens is 346 g/mol. The highest BCUT2D eigenvalue weighted by molar-refractivity contribution is 6.31. The predicted molar refractivity (Wildman–Crippen MR) is 107 cm³/mol. The van der Waals surface area contributed by atoms with Crippen LogP contribution in [0.3, 0.4) is 0 Å². The third kappa shape index (κ3) is 3.37. The van der Waals surface area contributed by atoms with Crippen molar-refractivity contribution in [2.75, 3.05) is 5.32 Å². The number of rotatable bonds is 4. The number of hydrogen-bond acceptors (Lipinski definition) is 2. The van der Waals surface area contributed by atoms with Crippen molar-refractivity contribution in [3.63, 3.8) is 0 Å². The van der Waals surface area contributed by atoms with Gasteiger partial charge in [0.2, 0.25) is 0 Å².